The fourth-order valence-electron chi connectivity index (χ4n) is 3.65. The van der Waals surface area contributed by atoms with E-state index in [1.165, 1.54) is 0 Å². The number of hydrogen-bond donors (Lipinski definition) is 0. The third-order valence-electron chi connectivity index (χ3n) is 4.70. The highest BCUT2D eigenvalue weighted by atomic mass is 16.5. The lowest BCUT2D eigenvalue weighted by atomic mass is 10.1. The number of nitrogens with zero attached hydrogens (tertiary/aromatic N) is 5. The van der Waals surface area contributed by atoms with Gasteiger partial charge in [-0.3, -0.25) is 9.36 Å². The number of fused-ring (bicyclic) bond motifs is 3. The molecule has 122 valence electrons. The van der Waals surface area contributed by atoms with Gasteiger partial charge in [-0.1, -0.05) is 19.0 Å². The molecule has 1 amide bonds. The second-order valence-corrected chi connectivity index (χ2v) is 6.89. The molecule has 0 saturated carbocycles. The molecule has 2 atom stereocenters. The molecule has 1 fully saturated rings. The monoisotopic (exact) mass is 315 g/mol. The summed E-state index contributed by atoms with van der Waals surface area (Å²) in [6.07, 6.45) is 2.81. The van der Waals surface area contributed by atoms with E-state index < -0.39 is 0 Å². The van der Waals surface area contributed by atoms with Crippen LogP contribution in [0.5, 0.6) is 0 Å². The van der Waals surface area contributed by atoms with E-state index in [-0.39, 0.29) is 18.0 Å². The Morgan fingerprint density at radius 3 is 3.00 bits per heavy atom. The summed E-state index contributed by atoms with van der Waals surface area (Å²) in [7, 11) is 0. The maximum absolute atomic E-state index is 12.6. The highest BCUT2D eigenvalue weighted by Crippen LogP contribution is 2.40. The van der Waals surface area contributed by atoms with Crippen molar-refractivity contribution in [3.8, 4) is 11.5 Å². The average Bonchev–Trinajstić information content (AvgIpc) is 3.21. The van der Waals surface area contributed by atoms with Crippen LogP contribution in [0.2, 0.25) is 0 Å². The standard InChI is InChI=1S/C16H21N5O2/c1-9(2)7-11-8-12(19-23-11)14-17-18-15-13-5-4-6-20(13)16(22)10(3)21(14)15/h8-10,13H,4-7H2,1-3H3/t10-,13+/m0/s1. The zero-order valence-corrected chi connectivity index (χ0v) is 13.7. The summed E-state index contributed by atoms with van der Waals surface area (Å²) in [6.45, 7) is 6.99. The lowest BCUT2D eigenvalue weighted by Crippen LogP contribution is -2.42. The van der Waals surface area contributed by atoms with Gasteiger partial charge in [0.1, 0.15) is 11.8 Å². The van der Waals surface area contributed by atoms with E-state index in [0.29, 0.717) is 17.4 Å². The van der Waals surface area contributed by atoms with E-state index in [9.17, 15) is 4.79 Å². The number of carbonyl (C=O) groups excluding carboxylic acids is 1. The van der Waals surface area contributed by atoms with Gasteiger partial charge in [0.2, 0.25) is 5.91 Å². The highest BCUT2D eigenvalue weighted by molar-refractivity contribution is 5.82. The molecule has 0 radical (unpaired) electrons. The minimum Gasteiger partial charge on any atom is -0.361 e. The van der Waals surface area contributed by atoms with Crippen LogP contribution in [-0.4, -0.2) is 37.3 Å². The second kappa shape index (κ2) is 5.18. The molecule has 2 aromatic rings. The molecule has 2 aliphatic heterocycles. The van der Waals surface area contributed by atoms with E-state index >= 15 is 0 Å². The Balaban J connectivity index is 1.75. The van der Waals surface area contributed by atoms with Crippen LogP contribution in [0.15, 0.2) is 10.6 Å². The first kappa shape index (κ1) is 14.4. The first-order chi connectivity index (χ1) is 11.1. The number of rotatable bonds is 3. The van der Waals surface area contributed by atoms with Crippen LogP contribution in [0.4, 0.5) is 0 Å². The molecular formula is C16H21N5O2. The lowest BCUT2D eigenvalue weighted by Gasteiger charge is -2.34. The van der Waals surface area contributed by atoms with Crippen molar-refractivity contribution < 1.29 is 9.32 Å². The van der Waals surface area contributed by atoms with Gasteiger partial charge in [0, 0.05) is 19.0 Å². The second-order valence-electron chi connectivity index (χ2n) is 6.89. The largest absolute Gasteiger partial charge is 0.361 e. The minimum absolute atomic E-state index is 0.0574. The summed E-state index contributed by atoms with van der Waals surface area (Å²) in [5, 5.41) is 12.8. The van der Waals surface area contributed by atoms with Crippen LogP contribution in [0.25, 0.3) is 11.5 Å². The molecule has 23 heavy (non-hydrogen) atoms. The zero-order chi connectivity index (χ0) is 16.1. The molecular weight excluding hydrogens is 294 g/mol. The normalized spacial score (nSPS) is 23.5. The van der Waals surface area contributed by atoms with Gasteiger partial charge in [-0.15, -0.1) is 10.2 Å². The molecule has 0 aliphatic carbocycles. The summed E-state index contributed by atoms with van der Waals surface area (Å²) >= 11 is 0. The Hall–Kier alpha value is -2.18. The fraction of sp³-hybridized carbons (Fsp3) is 0.625. The van der Waals surface area contributed by atoms with Crippen molar-refractivity contribution in [3.05, 3.63) is 17.7 Å². The summed E-state index contributed by atoms with van der Waals surface area (Å²) in [6, 6.07) is 1.67. The Morgan fingerprint density at radius 2 is 2.22 bits per heavy atom. The maximum atomic E-state index is 12.6. The molecule has 0 spiro atoms. The Kier molecular flexibility index (Phi) is 3.25. The molecule has 1 saturated heterocycles. The van der Waals surface area contributed by atoms with Gasteiger partial charge >= 0.3 is 0 Å². The van der Waals surface area contributed by atoms with Gasteiger partial charge < -0.3 is 9.42 Å². The van der Waals surface area contributed by atoms with Gasteiger partial charge in [-0.25, -0.2) is 0 Å². The smallest absolute Gasteiger partial charge is 0.246 e. The van der Waals surface area contributed by atoms with Crippen LogP contribution >= 0.6 is 0 Å². The third-order valence-corrected chi connectivity index (χ3v) is 4.70. The number of aromatic nitrogens is 4. The quantitative estimate of drug-likeness (QED) is 0.869. The zero-order valence-electron chi connectivity index (χ0n) is 13.7. The van der Waals surface area contributed by atoms with E-state index in [1.807, 2.05) is 22.5 Å². The lowest BCUT2D eigenvalue weighted by molar-refractivity contribution is -0.137. The van der Waals surface area contributed by atoms with Crippen LogP contribution < -0.4 is 0 Å². The van der Waals surface area contributed by atoms with Gasteiger partial charge in [-0.05, 0) is 25.7 Å². The molecule has 4 rings (SSSR count). The van der Waals surface area contributed by atoms with Crippen LogP contribution in [0.3, 0.4) is 0 Å². The third kappa shape index (κ3) is 2.17. The van der Waals surface area contributed by atoms with E-state index in [4.69, 9.17) is 4.52 Å². The fourth-order valence-corrected chi connectivity index (χ4v) is 3.65. The summed E-state index contributed by atoms with van der Waals surface area (Å²) in [5.74, 6) is 2.98. The molecule has 0 unspecified atom stereocenters. The Labute approximate surface area is 134 Å². The van der Waals surface area contributed by atoms with Crippen LogP contribution in [0.1, 0.15) is 57.3 Å². The van der Waals surface area contributed by atoms with E-state index in [0.717, 1.165) is 37.4 Å². The van der Waals surface area contributed by atoms with Crippen LogP contribution in [-0.2, 0) is 11.2 Å². The molecule has 0 N–H and O–H groups in total. The minimum atomic E-state index is -0.297. The first-order valence-corrected chi connectivity index (χ1v) is 8.27. The summed E-state index contributed by atoms with van der Waals surface area (Å²) in [4.78, 5) is 14.5. The molecule has 2 aromatic heterocycles. The highest BCUT2D eigenvalue weighted by Gasteiger charge is 2.43. The Morgan fingerprint density at radius 1 is 1.39 bits per heavy atom. The molecule has 4 heterocycles. The molecule has 7 nitrogen and oxygen atoms in total. The van der Waals surface area contributed by atoms with Gasteiger partial charge in [-0.2, -0.15) is 0 Å². The first-order valence-electron chi connectivity index (χ1n) is 8.27. The van der Waals surface area contributed by atoms with Gasteiger partial charge in [0.25, 0.3) is 0 Å². The number of hydrogen-bond acceptors (Lipinski definition) is 5. The molecule has 0 bridgehead atoms. The van der Waals surface area contributed by atoms with Crippen LogP contribution in [0, 0.1) is 5.92 Å². The maximum Gasteiger partial charge on any atom is 0.246 e. The summed E-state index contributed by atoms with van der Waals surface area (Å²) in [5.41, 5.74) is 0.658. The predicted molar refractivity (Wildman–Crippen MR) is 82.5 cm³/mol. The van der Waals surface area contributed by atoms with Crippen molar-refractivity contribution >= 4 is 5.91 Å². The van der Waals surface area contributed by atoms with Gasteiger partial charge in [0.15, 0.2) is 17.3 Å². The van der Waals surface area contributed by atoms with E-state index in [1.54, 1.807) is 0 Å². The Bertz CT molecular complexity index is 747. The van der Waals surface area contributed by atoms with Crippen molar-refractivity contribution in [2.24, 2.45) is 5.92 Å². The van der Waals surface area contributed by atoms with Gasteiger partial charge in [0.05, 0.1) is 6.04 Å². The molecule has 7 heteroatoms. The summed E-state index contributed by atoms with van der Waals surface area (Å²) < 4.78 is 7.35. The predicted octanol–water partition coefficient (Wildman–Crippen LogP) is 2.37. The van der Waals surface area contributed by atoms with Crippen molar-refractivity contribution in [2.75, 3.05) is 6.54 Å². The molecule has 0 aromatic carbocycles. The number of carbonyl (C=O) groups is 1. The number of amides is 1. The SMILES string of the molecule is CC(C)Cc1cc(-c2nnc3n2[C@@H](C)C(=O)N2CCC[C@H]32)no1. The molecule has 2 aliphatic rings. The van der Waals surface area contributed by atoms with Crippen molar-refractivity contribution in [1.29, 1.82) is 0 Å². The van der Waals surface area contributed by atoms with Crippen molar-refractivity contribution in [2.45, 2.75) is 52.1 Å². The van der Waals surface area contributed by atoms with Crippen molar-refractivity contribution in [3.63, 3.8) is 0 Å². The van der Waals surface area contributed by atoms with Crippen molar-refractivity contribution in [1.82, 2.24) is 24.8 Å². The average molecular weight is 315 g/mol. The van der Waals surface area contributed by atoms with E-state index in [2.05, 4.69) is 29.2 Å². The topological polar surface area (TPSA) is 77.1 Å².